The molecule has 21 heavy (non-hydrogen) atoms. The van der Waals surface area contributed by atoms with Crippen molar-refractivity contribution in [2.45, 2.75) is 13.3 Å². The molecule has 2 N–H and O–H groups in total. The summed E-state index contributed by atoms with van der Waals surface area (Å²) in [5, 5.41) is 5.88. The van der Waals surface area contributed by atoms with Gasteiger partial charge in [0.05, 0.1) is 5.02 Å². The molecule has 0 saturated heterocycles. The Hall–Kier alpha value is -2.40. The van der Waals surface area contributed by atoms with E-state index in [1.165, 1.54) is 6.20 Å². The van der Waals surface area contributed by atoms with E-state index in [1.807, 2.05) is 0 Å². The number of anilines is 2. The molecule has 0 aliphatic rings. The van der Waals surface area contributed by atoms with Gasteiger partial charge in [-0.1, -0.05) is 18.5 Å². The van der Waals surface area contributed by atoms with Gasteiger partial charge in [0.1, 0.15) is 5.82 Å². The fourth-order valence-electron chi connectivity index (χ4n) is 1.59. The fourth-order valence-corrected chi connectivity index (χ4v) is 1.70. The molecule has 0 unspecified atom stereocenters. The van der Waals surface area contributed by atoms with Crippen LogP contribution < -0.4 is 10.6 Å². The summed E-state index contributed by atoms with van der Waals surface area (Å²) in [6.07, 6.45) is 1.87. The van der Waals surface area contributed by atoms with Gasteiger partial charge in [0.25, 0.3) is 5.91 Å². The Kier molecular flexibility index (Phi) is 4.90. The number of rotatable bonds is 4. The quantitative estimate of drug-likeness (QED) is 0.910. The number of carbonyl (C=O) groups is 2. The molecule has 6 heteroatoms. The average molecular weight is 304 g/mol. The number of nitrogens with one attached hydrogen (secondary N) is 2. The molecule has 0 fully saturated rings. The number of nitrogens with zero attached hydrogens (tertiary/aromatic N) is 1. The van der Waals surface area contributed by atoms with E-state index in [0.717, 1.165) is 0 Å². The van der Waals surface area contributed by atoms with Crippen molar-refractivity contribution in [3.8, 4) is 0 Å². The van der Waals surface area contributed by atoms with Crippen LogP contribution in [-0.4, -0.2) is 16.8 Å². The fraction of sp³-hybridized carbons (Fsp3) is 0.133. The second-order valence-electron chi connectivity index (χ2n) is 4.29. The Morgan fingerprint density at radius 2 is 1.81 bits per heavy atom. The molecular formula is C15H14ClN3O2. The topological polar surface area (TPSA) is 71.1 Å². The van der Waals surface area contributed by atoms with Gasteiger partial charge in [-0.25, -0.2) is 4.98 Å². The summed E-state index contributed by atoms with van der Waals surface area (Å²) in [4.78, 5) is 27.3. The van der Waals surface area contributed by atoms with E-state index in [2.05, 4.69) is 15.6 Å². The maximum absolute atomic E-state index is 12.0. The van der Waals surface area contributed by atoms with Crippen LogP contribution in [0.2, 0.25) is 5.02 Å². The molecule has 1 heterocycles. The molecule has 0 aliphatic carbocycles. The molecule has 1 aromatic carbocycles. The van der Waals surface area contributed by atoms with Gasteiger partial charge in [0.15, 0.2) is 0 Å². The van der Waals surface area contributed by atoms with Crippen molar-refractivity contribution in [2.75, 3.05) is 10.6 Å². The van der Waals surface area contributed by atoms with E-state index in [0.29, 0.717) is 28.5 Å². The van der Waals surface area contributed by atoms with E-state index in [4.69, 9.17) is 11.6 Å². The summed E-state index contributed by atoms with van der Waals surface area (Å²) in [5.74, 6) is 0.0727. The average Bonchev–Trinajstić information content (AvgIpc) is 2.50. The van der Waals surface area contributed by atoms with Crippen LogP contribution in [0, 0.1) is 0 Å². The van der Waals surface area contributed by atoms with Crippen LogP contribution in [0.5, 0.6) is 0 Å². The predicted octanol–water partition coefficient (Wildman–Crippen LogP) is 3.34. The number of hydrogen-bond donors (Lipinski definition) is 2. The van der Waals surface area contributed by atoms with E-state index >= 15 is 0 Å². The van der Waals surface area contributed by atoms with E-state index in [1.54, 1.807) is 43.3 Å². The summed E-state index contributed by atoms with van der Waals surface area (Å²) < 4.78 is 0. The monoisotopic (exact) mass is 303 g/mol. The number of benzene rings is 1. The number of aromatic nitrogens is 1. The molecule has 108 valence electrons. The van der Waals surface area contributed by atoms with Crippen molar-refractivity contribution in [3.63, 3.8) is 0 Å². The number of pyridine rings is 1. The molecule has 0 bridgehead atoms. The van der Waals surface area contributed by atoms with Gasteiger partial charge in [0, 0.05) is 23.9 Å². The van der Waals surface area contributed by atoms with Crippen molar-refractivity contribution < 1.29 is 9.59 Å². The second kappa shape index (κ2) is 6.85. The van der Waals surface area contributed by atoms with Crippen LogP contribution in [0.3, 0.4) is 0 Å². The van der Waals surface area contributed by atoms with Crippen molar-refractivity contribution in [1.29, 1.82) is 0 Å². The van der Waals surface area contributed by atoms with Gasteiger partial charge in [-0.3, -0.25) is 9.59 Å². The van der Waals surface area contributed by atoms with Gasteiger partial charge in [-0.15, -0.1) is 0 Å². The minimum atomic E-state index is -0.279. The van der Waals surface area contributed by atoms with E-state index < -0.39 is 0 Å². The van der Waals surface area contributed by atoms with Crippen LogP contribution in [0.4, 0.5) is 11.5 Å². The number of hydrogen-bond acceptors (Lipinski definition) is 3. The third kappa shape index (κ3) is 4.29. The van der Waals surface area contributed by atoms with Crippen LogP contribution in [0.25, 0.3) is 0 Å². The number of amides is 2. The summed E-state index contributed by atoms with van der Waals surface area (Å²) >= 11 is 5.73. The number of carbonyl (C=O) groups excluding carboxylic acids is 2. The summed E-state index contributed by atoms with van der Waals surface area (Å²) in [6, 6.07) is 9.90. The molecule has 0 atom stereocenters. The van der Waals surface area contributed by atoms with Crippen molar-refractivity contribution in [3.05, 3.63) is 53.2 Å². The third-order valence-electron chi connectivity index (χ3n) is 2.72. The first-order valence-corrected chi connectivity index (χ1v) is 6.79. The number of halogens is 1. The van der Waals surface area contributed by atoms with E-state index in [-0.39, 0.29) is 11.8 Å². The molecule has 5 nitrogen and oxygen atoms in total. The summed E-state index contributed by atoms with van der Waals surface area (Å²) in [6.45, 7) is 1.77. The molecule has 2 rings (SSSR count). The van der Waals surface area contributed by atoms with E-state index in [9.17, 15) is 9.59 Å². The maximum Gasteiger partial charge on any atom is 0.256 e. The second-order valence-corrected chi connectivity index (χ2v) is 4.73. The lowest BCUT2D eigenvalue weighted by Crippen LogP contribution is -2.13. The zero-order valence-electron chi connectivity index (χ0n) is 11.4. The standard InChI is InChI=1S/C15H14ClN3O2/c1-2-14(20)18-12-6-3-10(4-7-12)15(21)19-13-8-5-11(16)9-17-13/h3-9H,2H2,1H3,(H,18,20)(H,17,19,21). The molecule has 0 radical (unpaired) electrons. The molecule has 0 aliphatic heterocycles. The third-order valence-corrected chi connectivity index (χ3v) is 2.94. The summed E-state index contributed by atoms with van der Waals surface area (Å²) in [7, 11) is 0. The zero-order valence-corrected chi connectivity index (χ0v) is 12.1. The van der Waals surface area contributed by atoms with Gasteiger partial charge >= 0.3 is 0 Å². The van der Waals surface area contributed by atoms with Crippen LogP contribution in [0.15, 0.2) is 42.6 Å². The van der Waals surface area contributed by atoms with Crippen molar-refractivity contribution >= 4 is 34.9 Å². The van der Waals surface area contributed by atoms with Crippen LogP contribution in [0.1, 0.15) is 23.7 Å². The largest absolute Gasteiger partial charge is 0.326 e. The molecule has 0 spiro atoms. The highest BCUT2D eigenvalue weighted by Gasteiger charge is 2.07. The molecule has 2 aromatic rings. The summed E-state index contributed by atoms with van der Waals surface area (Å²) in [5.41, 5.74) is 1.13. The Labute approximate surface area is 127 Å². The first kappa shape index (κ1) is 15.0. The van der Waals surface area contributed by atoms with Crippen molar-refractivity contribution in [2.24, 2.45) is 0 Å². The van der Waals surface area contributed by atoms with Gasteiger partial charge in [0.2, 0.25) is 5.91 Å². The Bertz CT molecular complexity index is 639. The van der Waals surface area contributed by atoms with Crippen LogP contribution in [-0.2, 0) is 4.79 Å². The maximum atomic E-state index is 12.0. The van der Waals surface area contributed by atoms with Crippen molar-refractivity contribution in [1.82, 2.24) is 4.98 Å². The molecule has 1 aromatic heterocycles. The smallest absolute Gasteiger partial charge is 0.256 e. The Balaban J connectivity index is 2.02. The van der Waals surface area contributed by atoms with Gasteiger partial charge in [-0.2, -0.15) is 0 Å². The Morgan fingerprint density at radius 1 is 1.10 bits per heavy atom. The molecule has 0 saturated carbocycles. The Morgan fingerprint density at radius 3 is 2.38 bits per heavy atom. The first-order valence-electron chi connectivity index (χ1n) is 6.41. The predicted molar refractivity (Wildman–Crippen MR) is 82.6 cm³/mol. The SMILES string of the molecule is CCC(=O)Nc1ccc(C(=O)Nc2ccc(Cl)cn2)cc1. The lowest BCUT2D eigenvalue weighted by Gasteiger charge is -2.06. The zero-order chi connectivity index (χ0) is 15.2. The molecular weight excluding hydrogens is 290 g/mol. The van der Waals surface area contributed by atoms with Gasteiger partial charge in [-0.05, 0) is 36.4 Å². The highest BCUT2D eigenvalue weighted by molar-refractivity contribution is 6.30. The lowest BCUT2D eigenvalue weighted by atomic mass is 10.2. The minimum Gasteiger partial charge on any atom is -0.326 e. The highest BCUT2D eigenvalue weighted by atomic mass is 35.5. The minimum absolute atomic E-state index is 0.0717. The lowest BCUT2D eigenvalue weighted by molar-refractivity contribution is -0.115. The van der Waals surface area contributed by atoms with Gasteiger partial charge < -0.3 is 10.6 Å². The normalized spacial score (nSPS) is 10.0. The highest BCUT2D eigenvalue weighted by Crippen LogP contribution is 2.13. The molecule has 2 amide bonds. The van der Waals surface area contributed by atoms with Crippen LogP contribution >= 0.6 is 11.6 Å². The first-order chi connectivity index (χ1) is 10.1.